The maximum absolute atomic E-state index is 12.8. The van der Waals surface area contributed by atoms with Gasteiger partial charge in [-0.05, 0) is 37.1 Å². The molecule has 0 unspecified atom stereocenters. The molecule has 5 rings (SSSR count). The van der Waals surface area contributed by atoms with E-state index in [1.165, 1.54) is 0 Å². The van der Waals surface area contributed by atoms with Crippen molar-refractivity contribution >= 4 is 28.4 Å². The molecule has 8 nitrogen and oxygen atoms in total. The molecule has 8 heteroatoms. The van der Waals surface area contributed by atoms with E-state index < -0.39 is 0 Å². The third kappa shape index (κ3) is 3.47. The molecule has 0 atom stereocenters. The lowest BCUT2D eigenvalue weighted by Gasteiger charge is -2.16. The molecular formula is C22H21N7O. The fraction of sp³-hybridized carbons (Fsp3) is 0.227. The third-order valence-corrected chi connectivity index (χ3v) is 5.33. The van der Waals surface area contributed by atoms with Crippen molar-refractivity contribution in [3.63, 3.8) is 0 Å². The molecule has 1 saturated heterocycles. The summed E-state index contributed by atoms with van der Waals surface area (Å²) in [7, 11) is 1.93. The van der Waals surface area contributed by atoms with Crippen LogP contribution in [0, 0.1) is 0 Å². The fourth-order valence-electron chi connectivity index (χ4n) is 3.70. The molecular weight excluding hydrogens is 378 g/mol. The summed E-state index contributed by atoms with van der Waals surface area (Å²) in [5, 5.41) is 3.78. The predicted molar refractivity (Wildman–Crippen MR) is 115 cm³/mol. The van der Waals surface area contributed by atoms with Crippen LogP contribution < -0.4 is 10.2 Å². The second-order valence-corrected chi connectivity index (χ2v) is 7.40. The number of nitrogens with one attached hydrogen (secondary N) is 1. The van der Waals surface area contributed by atoms with Crippen molar-refractivity contribution in [3.8, 4) is 11.4 Å². The van der Waals surface area contributed by atoms with E-state index in [0.29, 0.717) is 11.4 Å². The molecule has 4 aromatic rings. The minimum Gasteiger partial charge on any atom is -0.357 e. The average molecular weight is 399 g/mol. The van der Waals surface area contributed by atoms with Crippen LogP contribution in [0.1, 0.15) is 23.2 Å². The van der Waals surface area contributed by atoms with Crippen molar-refractivity contribution in [2.24, 2.45) is 7.05 Å². The van der Waals surface area contributed by atoms with Crippen LogP contribution in [0.4, 0.5) is 11.6 Å². The van der Waals surface area contributed by atoms with Gasteiger partial charge in [-0.25, -0.2) is 19.9 Å². The van der Waals surface area contributed by atoms with Gasteiger partial charge >= 0.3 is 0 Å². The number of carbonyl (C=O) groups excluding carboxylic acids is 1. The Morgan fingerprint density at radius 1 is 1.07 bits per heavy atom. The Labute approximate surface area is 173 Å². The Morgan fingerprint density at radius 2 is 1.93 bits per heavy atom. The summed E-state index contributed by atoms with van der Waals surface area (Å²) in [6.07, 6.45) is 9.23. The van der Waals surface area contributed by atoms with E-state index >= 15 is 0 Å². The molecule has 0 saturated carbocycles. The molecule has 30 heavy (non-hydrogen) atoms. The number of rotatable bonds is 4. The van der Waals surface area contributed by atoms with Gasteiger partial charge in [-0.1, -0.05) is 0 Å². The van der Waals surface area contributed by atoms with Gasteiger partial charge in [0, 0.05) is 49.5 Å². The predicted octanol–water partition coefficient (Wildman–Crippen LogP) is 3.28. The highest BCUT2D eigenvalue weighted by molar-refractivity contribution is 6.04. The first kappa shape index (κ1) is 18.2. The fourth-order valence-corrected chi connectivity index (χ4v) is 3.70. The molecule has 1 N–H and O–H groups in total. The molecule has 1 fully saturated rings. The summed E-state index contributed by atoms with van der Waals surface area (Å²) in [6.45, 7) is 1.96. The second-order valence-electron chi connectivity index (χ2n) is 7.40. The van der Waals surface area contributed by atoms with Crippen molar-refractivity contribution < 1.29 is 4.79 Å². The van der Waals surface area contributed by atoms with E-state index in [4.69, 9.17) is 4.98 Å². The number of amides is 1. The van der Waals surface area contributed by atoms with Gasteiger partial charge in [-0.15, -0.1) is 0 Å². The Kier molecular flexibility index (Phi) is 4.59. The average Bonchev–Trinajstić information content (AvgIpc) is 3.45. The minimum atomic E-state index is -0.215. The number of hydrogen-bond donors (Lipinski definition) is 1. The lowest BCUT2D eigenvalue weighted by Crippen LogP contribution is -2.20. The van der Waals surface area contributed by atoms with Crippen LogP contribution in [0.3, 0.4) is 0 Å². The summed E-state index contributed by atoms with van der Waals surface area (Å²) >= 11 is 0. The first-order valence-corrected chi connectivity index (χ1v) is 9.93. The first-order chi connectivity index (χ1) is 14.7. The van der Waals surface area contributed by atoms with Crippen LogP contribution >= 0.6 is 0 Å². The summed E-state index contributed by atoms with van der Waals surface area (Å²) in [5.41, 5.74) is 3.05. The third-order valence-electron chi connectivity index (χ3n) is 5.33. The van der Waals surface area contributed by atoms with Crippen molar-refractivity contribution in [1.29, 1.82) is 0 Å². The van der Waals surface area contributed by atoms with Gasteiger partial charge in [0.2, 0.25) is 0 Å². The molecule has 0 spiro atoms. The second kappa shape index (κ2) is 7.55. The van der Waals surface area contributed by atoms with Gasteiger partial charge in [0.05, 0.1) is 29.4 Å². The number of nitrogens with zero attached hydrogens (tertiary/aromatic N) is 6. The molecule has 5 heterocycles. The summed E-state index contributed by atoms with van der Waals surface area (Å²) < 4.78 is 1.92. The molecule has 0 aromatic carbocycles. The highest BCUT2D eigenvalue weighted by Crippen LogP contribution is 2.22. The van der Waals surface area contributed by atoms with E-state index in [9.17, 15) is 4.79 Å². The normalized spacial score (nSPS) is 13.7. The monoisotopic (exact) mass is 399 g/mol. The molecule has 4 aromatic heterocycles. The van der Waals surface area contributed by atoms with Crippen LogP contribution in [0.2, 0.25) is 0 Å². The maximum atomic E-state index is 12.8. The zero-order valence-electron chi connectivity index (χ0n) is 16.6. The van der Waals surface area contributed by atoms with Gasteiger partial charge in [0.1, 0.15) is 11.6 Å². The number of fused-ring (bicyclic) bond motifs is 1. The quantitative estimate of drug-likeness (QED) is 0.567. The minimum absolute atomic E-state index is 0.215. The van der Waals surface area contributed by atoms with Crippen molar-refractivity contribution in [2.45, 2.75) is 12.8 Å². The Hall–Kier alpha value is -3.81. The van der Waals surface area contributed by atoms with E-state index in [0.717, 1.165) is 54.0 Å². The number of aromatic nitrogens is 5. The molecule has 1 amide bonds. The zero-order chi connectivity index (χ0) is 20.5. The summed E-state index contributed by atoms with van der Waals surface area (Å²) in [4.78, 5) is 32.6. The largest absolute Gasteiger partial charge is 0.357 e. The number of hydrogen-bond acceptors (Lipinski definition) is 6. The van der Waals surface area contributed by atoms with Crippen LogP contribution in [-0.4, -0.2) is 43.5 Å². The lowest BCUT2D eigenvalue weighted by molar-refractivity contribution is 0.102. The topological polar surface area (TPSA) is 88.8 Å². The maximum Gasteiger partial charge on any atom is 0.257 e. The Morgan fingerprint density at radius 3 is 2.73 bits per heavy atom. The van der Waals surface area contributed by atoms with Crippen LogP contribution in [-0.2, 0) is 7.05 Å². The molecule has 150 valence electrons. The van der Waals surface area contributed by atoms with E-state index in [-0.39, 0.29) is 5.91 Å². The number of imidazole rings is 1. The number of carbonyl (C=O) groups is 1. The van der Waals surface area contributed by atoms with Gasteiger partial charge in [-0.3, -0.25) is 4.79 Å². The molecule has 0 bridgehead atoms. The van der Waals surface area contributed by atoms with E-state index in [1.807, 2.05) is 29.8 Å². The summed E-state index contributed by atoms with van der Waals surface area (Å²) in [6, 6.07) is 9.25. The lowest BCUT2D eigenvalue weighted by atomic mass is 10.2. The Balaban J connectivity index is 1.40. The zero-order valence-corrected chi connectivity index (χ0v) is 16.6. The first-order valence-electron chi connectivity index (χ1n) is 9.93. The highest BCUT2D eigenvalue weighted by atomic mass is 16.1. The van der Waals surface area contributed by atoms with Gasteiger partial charge in [0.25, 0.3) is 5.91 Å². The molecule has 1 aliphatic heterocycles. The number of aryl methyl sites for hydroxylation is 1. The SMILES string of the molecule is Cn1cncc1-c1ccc2cnc(NC(=O)c3ccnc(N4CCCC4)c3)cc2n1. The highest BCUT2D eigenvalue weighted by Gasteiger charge is 2.16. The van der Waals surface area contributed by atoms with Gasteiger partial charge in [0.15, 0.2) is 0 Å². The summed E-state index contributed by atoms with van der Waals surface area (Å²) in [5.74, 6) is 1.09. The standard InChI is InChI=1S/C22H21N7O/c1-28-14-23-13-19(28)17-5-4-16-12-25-20(11-18(16)26-17)27-22(30)15-6-7-24-21(10-15)29-8-2-3-9-29/h4-7,10-14H,2-3,8-9H2,1H3,(H,25,27,30). The number of anilines is 2. The van der Waals surface area contributed by atoms with Crippen LogP contribution in [0.15, 0.2) is 55.2 Å². The van der Waals surface area contributed by atoms with Gasteiger partial charge in [-0.2, -0.15) is 0 Å². The molecule has 0 radical (unpaired) electrons. The van der Waals surface area contributed by atoms with E-state index in [2.05, 4.69) is 25.2 Å². The van der Waals surface area contributed by atoms with Crippen molar-refractivity contribution in [3.05, 3.63) is 60.8 Å². The Bertz CT molecular complexity index is 1230. The number of pyridine rings is 3. The smallest absolute Gasteiger partial charge is 0.257 e. The van der Waals surface area contributed by atoms with Crippen LogP contribution in [0.5, 0.6) is 0 Å². The molecule has 1 aliphatic rings. The van der Waals surface area contributed by atoms with E-state index in [1.54, 1.807) is 37.1 Å². The van der Waals surface area contributed by atoms with Crippen molar-refractivity contribution in [2.75, 3.05) is 23.3 Å². The van der Waals surface area contributed by atoms with Crippen molar-refractivity contribution in [1.82, 2.24) is 24.5 Å². The van der Waals surface area contributed by atoms with Gasteiger partial charge < -0.3 is 14.8 Å². The molecule has 0 aliphatic carbocycles. The van der Waals surface area contributed by atoms with Crippen LogP contribution in [0.25, 0.3) is 22.3 Å².